The summed E-state index contributed by atoms with van der Waals surface area (Å²) in [7, 11) is 0. The van der Waals surface area contributed by atoms with Crippen LogP contribution in [0.15, 0.2) is 65.1 Å². The van der Waals surface area contributed by atoms with Crippen molar-refractivity contribution in [2.75, 3.05) is 6.61 Å². The number of ether oxygens (including phenoxy) is 1. The third kappa shape index (κ3) is 8.75. The predicted octanol–water partition coefficient (Wildman–Crippen LogP) is 8.73. The second-order valence-electron chi connectivity index (χ2n) is 13.6. The van der Waals surface area contributed by atoms with E-state index in [1.165, 1.54) is 11.3 Å². The molecule has 0 bridgehead atoms. The van der Waals surface area contributed by atoms with Crippen molar-refractivity contribution in [3.05, 3.63) is 83.3 Å². The summed E-state index contributed by atoms with van der Waals surface area (Å²) in [5, 5.41) is 8.97. The lowest BCUT2D eigenvalue weighted by molar-refractivity contribution is -0.133. The Morgan fingerprint density at radius 2 is 1.54 bits per heavy atom. The van der Waals surface area contributed by atoms with Gasteiger partial charge in [0.15, 0.2) is 5.76 Å². The maximum absolute atomic E-state index is 14.4. The summed E-state index contributed by atoms with van der Waals surface area (Å²) in [6.45, 7) is 9.81. The number of rotatable bonds is 17. The lowest BCUT2D eigenvalue weighted by Crippen LogP contribution is -2.51. The molecular formula is C39H51NO6. The largest absolute Gasteiger partial charge is 0.457 e. The molecule has 1 N–H and O–H groups in total. The topological polar surface area (TPSA) is 97.1 Å². The van der Waals surface area contributed by atoms with E-state index in [1.54, 1.807) is 19.9 Å². The number of unbranched alkanes of at least 4 members (excludes halogenated alkanes) is 7. The molecule has 1 saturated heterocycles. The van der Waals surface area contributed by atoms with Gasteiger partial charge in [-0.05, 0) is 63.1 Å². The van der Waals surface area contributed by atoms with Crippen LogP contribution in [0.5, 0.6) is 0 Å². The van der Waals surface area contributed by atoms with Gasteiger partial charge in [-0.3, -0.25) is 9.59 Å². The number of cyclic esters (lactones) is 1. The van der Waals surface area contributed by atoms with E-state index in [0.717, 1.165) is 73.0 Å². The number of hydrogen-bond donors (Lipinski definition) is 1. The molecule has 2 aromatic carbocycles. The van der Waals surface area contributed by atoms with Crippen LogP contribution in [0.1, 0.15) is 107 Å². The second-order valence-corrected chi connectivity index (χ2v) is 13.6. The second kappa shape index (κ2) is 16.2. The van der Waals surface area contributed by atoms with Crippen LogP contribution in [0, 0.1) is 18.8 Å². The van der Waals surface area contributed by atoms with E-state index in [2.05, 4.69) is 6.07 Å². The van der Waals surface area contributed by atoms with Crippen molar-refractivity contribution < 1.29 is 28.6 Å². The first-order valence-electron chi connectivity index (χ1n) is 17.0. The van der Waals surface area contributed by atoms with E-state index in [1.807, 2.05) is 69.3 Å². The molecule has 2 amide bonds. The number of carbonyl (C=O) groups is 3. The number of aliphatic hydroxyl groups is 1. The maximum atomic E-state index is 14.4. The quantitative estimate of drug-likeness (QED) is 0.0911. The lowest BCUT2D eigenvalue weighted by atomic mass is 9.86. The van der Waals surface area contributed by atoms with Gasteiger partial charge < -0.3 is 14.3 Å². The summed E-state index contributed by atoms with van der Waals surface area (Å²) in [5.41, 5.74) is 2.88. The van der Waals surface area contributed by atoms with Gasteiger partial charge >= 0.3 is 6.09 Å². The summed E-state index contributed by atoms with van der Waals surface area (Å²) >= 11 is 0. The van der Waals surface area contributed by atoms with Crippen molar-refractivity contribution in [3.63, 3.8) is 0 Å². The van der Waals surface area contributed by atoms with E-state index in [0.29, 0.717) is 6.42 Å². The smallest absolute Gasteiger partial charge is 0.417 e. The van der Waals surface area contributed by atoms with Gasteiger partial charge in [-0.15, -0.1) is 0 Å². The number of furan rings is 1. The van der Waals surface area contributed by atoms with Crippen LogP contribution in [0.25, 0.3) is 11.1 Å². The molecule has 0 saturated carbocycles. The van der Waals surface area contributed by atoms with Crippen LogP contribution in [0.4, 0.5) is 4.79 Å². The van der Waals surface area contributed by atoms with E-state index in [4.69, 9.17) is 14.3 Å². The van der Waals surface area contributed by atoms with Crippen molar-refractivity contribution in [1.29, 1.82) is 0 Å². The number of nitrogens with zero attached hydrogens (tertiary/aromatic N) is 1. The fourth-order valence-electron chi connectivity index (χ4n) is 6.82. The molecule has 1 aliphatic rings. The van der Waals surface area contributed by atoms with Crippen molar-refractivity contribution in [1.82, 2.24) is 4.90 Å². The summed E-state index contributed by atoms with van der Waals surface area (Å²) in [4.78, 5) is 43.0. The standard InChI is InChI=1S/C39H51NO6/c1-27(2)36-39(4,5)46-38(44)40(36)37(43)32(25-29-19-13-12-14-20-29)35(42)34-26-31(30-21-17-18-28(3)24-30)33(45-34)22-15-10-8-6-7-9-11-16-23-41/h12-14,17-21,24,26-27,32,36,41H,6-11,15-16,22-23,25H2,1-5H3/t32-,36+/m1/s1. The van der Waals surface area contributed by atoms with Crippen molar-refractivity contribution in [2.45, 2.75) is 110 Å². The molecule has 1 fully saturated rings. The van der Waals surface area contributed by atoms with Crippen LogP contribution >= 0.6 is 0 Å². The Bertz CT molecular complexity index is 1460. The van der Waals surface area contributed by atoms with Gasteiger partial charge in [0.25, 0.3) is 0 Å². The first kappa shape index (κ1) is 35.1. The molecule has 1 aromatic heterocycles. The van der Waals surface area contributed by atoms with Crippen molar-refractivity contribution in [3.8, 4) is 11.1 Å². The first-order chi connectivity index (χ1) is 22.0. The van der Waals surface area contributed by atoms with Crippen molar-refractivity contribution in [2.24, 2.45) is 11.8 Å². The van der Waals surface area contributed by atoms with Crippen LogP contribution in [0.3, 0.4) is 0 Å². The van der Waals surface area contributed by atoms with E-state index >= 15 is 0 Å². The fraction of sp³-hybridized carbons (Fsp3) is 0.513. The van der Waals surface area contributed by atoms with Crippen LogP contribution in [-0.4, -0.2) is 46.0 Å². The van der Waals surface area contributed by atoms with Gasteiger partial charge in [-0.25, -0.2) is 9.69 Å². The Balaban J connectivity index is 1.61. The molecule has 0 unspecified atom stereocenters. The monoisotopic (exact) mass is 629 g/mol. The Labute approximate surface area is 274 Å². The molecule has 3 aromatic rings. The number of benzene rings is 2. The SMILES string of the molecule is Cc1cccc(-c2cc(C(=O)[C@@H](Cc3ccccc3)C(=O)N3C(=O)OC(C)(C)[C@@H]3C(C)C)oc2CCCCCCCCCCO)c1. The van der Waals surface area contributed by atoms with Gasteiger partial charge in [0, 0.05) is 18.6 Å². The third-order valence-electron chi connectivity index (χ3n) is 9.00. The zero-order valence-corrected chi connectivity index (χ0v) is 28.2. The van der Waals surface area contributed by atoms with Crippen LogP contribution in [0.2, 0.25) is 0 Å². The summed E-state index contributed by atoms with van der Waals surface area (Å²) < 4.78 is 12.0. The molecule has 7 nitrogen and oxygen atoms in total. The lowest BCUT2D eigenvalue weighted by Gasteiger charge is -2.32. The molecule has 2 atom stereocenters. The number of ketones is 1. The molecule has 7 heteroatoms. The van der Waals surface area contributed by atoms with Gasteiger partial charge in [0.05, 0.1) is 6.04 Å². The molecule has 4 rings (SSSR count). The van der Waals surface area contributed by atoms with E-state index in [9.17, 15) is 14.4 Å². The molecule has 0 radical (unpaired) electrons. The summed E-state index contributed by atoms with van der Waals surface area (Å²) in [6, 6.07) is 18.8. The number of Topliss-reactive ketones (excluding diaryl/α,β-unsaturated/α-hetero) is 1. The fourth-order valence-corrected chi connectivity index (χ4v) is 6.82. The van der Waals surface area contributed by atoms with Crippen LogP contribution in [-0.2, 0) is 22.4 Å². The number of aliphatic hydroxyl groups excluding tert-OH is 1. The van der Waals surface area contributed by atoms with Crippen LogP contribution < -0.4 is 0 Å². The van der Waals surface area contributed by atoms with Gasteiger partial charge in [0.2, 0.25) is 11.7 Å². The highest BCUT2D eigenvalue weighted by atomic mass is 16.6. The number of amides is 2. The molecular weight excluding hydrogens is 578 g/mol. The number of imide groups is 1. The minimum absolute atomic E-state index is 0.0680. The minimum atomic E-state index is -1.15. The maximum Gasteiger partial charge on any atom is 0.417 e. The van der Waals surface area contributed by atoms with Gasteiger partial charge in [-0.1, -0.05) is 113 Å². The molecule has 0 spiro atoms. The third-order valence-corrected chi connectivity index (χ3v) is 9.00. The van der Waals surface area contributed by atoms with Gasteiger partial charge in [-0.2, -0.15) is 0 Å². The average molecular weight is 630 g/mol. The zero-order valence-electron chi connectivity index (χ0n) is 28.2. The van der Waals surface area contributed by atoms with E-state index < -0.39 is 35.3 Å². The molecule has 0 aliphatic carbocycles. The molecule has 2 heterocycles. The number of hydrogen-bond acceptors (Lipinski definition) is 6. The number of aryl methyl sites for hydroxylation is 2. The molecule has 248 valence electrons. The average Bonchev–Trinajstić information content (AvgIpc) is 3.55. The molecule has 1 aliphatic heterocycles. The molecule has 46 heavy (non-hydrogen) atoms. The highest BCUT2D eigenvalue weighted by Crippen LogP contribution is 2.37. The highest BCUT2D eigenvalue weighted by molar-refractivity contribution is 6.12. The summed E-state index contributed by atoms with van der Waals surface area (Å²) in [6.07, 6.45) is 8.63. The van der Waals surface area contributed by atoms with E-state index in [-0.39, 0.29) is 24.7 Å². The first-order valence-corrected chi connectivity index (χ1v) is 17.0. The Kier molecular flexibility index (Phi) is 12.4. The zero-order chi connectivity index (χ0) is 33.3. The highest BCUT2D eigenvalue weighted by Gasteiger charge is 2.54. The summed E-state index contributed by atoms with van der Waals surface area (Å²) in [5.74, 6) is -1.34. The predicted molar refractivity (Wildman–Crippen MR) is 181 cm³/mol. The van der Waals surface area contributed by atoms with Crippen molar-refractivity contribution >= 4 is 17.8 Å². The normalized spacial score (nSPS) is 16.5. The van der Waals surface area contributed by atoms with Gasteiger partial charge in [0.1, 0.15) is 17.3 Å². The Hall–Kier alpha value is -3.71. The number of carbonyl (C=O) groups excluding carboxylic acids is 3. The minimum Gasteiger partial charge on any atom is -0.457 e. The Morgan fingerprint density at radius 3 is 2.17 bits per heavy atom. The Morgan fingerprint density at radius 1 is 0.891 bits per heavy atom.